The highest BCUT2D eigenvalue weighted by atomic mass is 16.5. The second-order valence-electron chi connectivity index (χ2n) is 6.49. The summed E-state index contributed by atoms with van der Waals surface area (Å²) in [5.74, 6) is 1.65. The van der Waals surface area contributed by atoms with E-state index < -0.39 is 0 Å². The van der Waals surface area contributed by atoms with E-state index in [1.165, 1.54) is 4.68 Å². The number of ether oxygens (including phenoxy) is 2. The number of methoxy groups -OCH3 is 1. The normalized spacial score (nSPS) is 11.1. The Labute approximate surface area is 174 Å². The van der Waals surface area contributed by atoms with E-state index in [-0.39, 0.29) is 5.56 Å². The van der Waals surface area contributed by atoms with Gasteiger partial charge in [-0.05, 0) is 31.2 Å². The largest absolute Gasteiger partial charge is 0.493 e. The van der Waals surface area contributed by atoms with Crippen molar-refractivity contribution in [2.45, 2.75) is 6.92 Å². The summed E-state index contributed by atoms with van der Waals surface area (Å²) in [5.41, 5.74) is 1.89. The number of hydrogen-bond acceptors (Lipinski definition) is 5. The zero-order valence-electron chi connectivity index (χ0n) is 16.8. The minimum Gasteiger partial charge on any atom is -0.493 e. The highest BCUT2D eigenvalue weighted by molar-refractivity contribution is 5.85. The molecular formula is C24H21N3O3. The average molecular weight is 399 g/mol. The zero-order chi connectivity index (χ0) is 20.9. The molecule has 0 saturated carbocycles. The molecule has 4 aromatic rings. The van der Waals surface area contributed by atoms with Crippen LogP contribution in [0.4, 0.5) is 0 Å². The maximum Gasteiger partial charge on any atom is 0.282 e. The van der Waals surface area contributed by atoms with Crippen LogP contribution in [0, 0.1) is 0 Å². The van der Waals surface area contributed by atoms with Crippen LogP contribution in [-0.2, 0) is 0 Å². The van der Waals surface area contributed by atoms with Gasteiger partial charge >= 0.3 is 0 Å². The molecule has 1 aromatic heterocycles. The minimum absolute atomic E-state index is 0.239. The van der Waals surface area contributed by atoms with Crippen molar-refractivity contribution < 1.29 is 9.47 Å². The molecule has 3 aromatic carbocycles. The van der Waals surface area contributed by atoms with E-state index >= 15 is 0 Å². The number of hydrogen-bond donors (Lipinski definition) is 0. The highest BCUT2D eigenvalue weighted by Gasteiger charge is 2.13. The monoisotopic (exact) mass is 399 g/mol. The van der Waals surface area contributed by atoms with Crippen molar-refractivity contribution in [2.75, 3.05) is 13.7 Å². The van der Waals surface area contributed by atoms with Gasteiger partial charge in [-0.25, -0.2) is 4.98 Å². The van der Waals surface area contributed by atoms with Gasteiger partial charge in [0.25, 0.3) is 5.56 Å². The van der Waals surface area contributed by atoms with Crippen molar-refractivity contribution in [3.05, 3.63) is 88.7 Å². The lowest BCUT2D eigenvalue weighted by Crippen LogP contribution is -2.20. The maximum absolute atomic E-state index is 13.2. The molecule has 0 bridgehead atoms. The van der Waals surface area contributed by atoms with Crippen molar-refractivity contribution in [2.24, 2.45) is 5.10 Å². The van der Waals surface area contributed by atoms with Gasteiger partial charge in [0.2, 0.25) is 0 Å². The molecule has 0 unspecified atom stereocenters. The molecule has 0 spiro atoms. The Morgan fingerprint density at radius 3 is 2.53 bits per heavy atom. The first kappa shape index (κ1) is 19.4. The summed E-state index contributed by atoms with van der Waals surface area (Å²) in [4.78, 5) is 17.9. The Morgan fingerprint density at radius 2 is 1.77 bits per heavy atom. The van der Waals surface area contributed by atoms with E-state index in [0.29, 0.717) is 40.4 Å². The Kier molecular flexibility index (Phi) is 5.57. The lowest BCUT2D eigenvalue weighted by molar-refractivity contribution is 0.310. The van der Waals surface area contributed by atoms with Crippen LogP contribution in [-0.4, -0.2) is 29.6 Å². The second kappa shape index (κ2) is 8.61. The van der Waals surface area contributed by atoms with Crippen LogP contribution in [0.15, 0.2) is 82.7 Å². The number of para-hydroxylation sites is 2. The van der Waals surface area contributed by atoms with E-state index in [1.807, 2.05) is 73.7 Å². The molecule has 0 atom stereocenters. The molecule has 0 aliphatic carbocycles. The molecule has 6 heteroatoms. The Hall–Kier alpha value is -3.93. The Balaban J connectivity index is 1.91. The van der Waals surface area contributed by atoms with Gasteiger partial charge in [0.1, 0.15) is 0 Å². The summed E-state index contributed by atoms with van der Waals surface area (Å²) in [6, 6.07) is 22.3. The Morgan fingerprint density at radius 1 is 1.00 bits per heavy atom. The number of fused-ring (bicyclic) bond motifs is 1. The number of nitrogens with zero attached hydrogens (tertiary/aromatic N) is 3. The van der Waals surface area contributed by atoms with E-state index in [0.717, 1.165) is 5.56 Å². The molecule has 0 fully saturated rings. The first-order valence-electron chi connectivity index (χ1n) is 9.64. The third kappa shape index (κ3) is 3.67. The standard InChI is InChI=1S/C24H21N3O3/c1-3-30-22-18(12-9-15-21(22)29-2)16-25-27-23(17-10-5-4-6-11-17)26-20-14-8-7-13-19(20)24(27)28/h4-16H,3H2,1-2H3. The predicted octanol–water partition coefficient (Wildman–Crippen LogP) is 4.35. The van der Waals surface area contributed by atoms with E-state index in [1.54, 1.807) is 19.4 Å². The topological polar surface area (TPSA) is 65.7 Å². The summed E-state index contributed by atoms with van der Waals surface area (Å²) >= 11 is 0. The van der Waals surface area contributed by atoms with Crippen molar-refractivity contribution in [1.82, 2.24) is 9.66 Å². The van der Waals surface area contributed by atoms with Crippen LogP contribution >= 0.6 is 0 Å². The fourth-order valence-corrected chi connectivity index (χ4v) is 3.22. The van der Waals surface area contributed by atoms with E-state index in [9.17, 15) is 4.79 Å². The van der Waals surface area contributed by atoms with Crippen LogP contribution in [0.3, 0.4) is 0 Å². The van der Waals surface area contributed by atoms with Gasteiger partial charge in [0.15, 0.2) is 17.3 Å². The first-order valence-corrected chi connectivity index (χ1v) is 9.64. The summed E-state index contributed by atoms with van der Waals surface area (Å²) in [7, 11) is 1.59. The van der Waals surface area contributed by atoms with Gasteiger partial charge in [-0.15, -0.1) is 0 Å². The van der Waals surface area contributed by atoms with Gasteiger partial charge in [-0.2, -0.15) is 9.78 Å². The predicted molar refractivity (Wildman–Crippen MR) is 119 cm³/mol. The molecule has 4 rings (SSSR count). The first-order chi connectivity index (χ1) is 14.7. The molecule has 150 valence electrons. The molecular weight excluding hydrogens is 378 g/mol. The molecule has 0 amide bonds. The van der Waals surface area contributed by atoms with Crippen LogP contribution < -0.4 is 15.0 Å². The van der Waals surface area contributed by atoms with E-state index in [4.69, 9.17) is 14.5 Å². The molecule has 6 nitrogen and oxygen atoms in total. The quantitative estimate of drug-likeness (QED) is 0.452. The molecule has 0 aliphatic heterocycles. The smallest absolute Gasteiger partial charge is 0.282 e. The van der Waals surface area contributed by atoms with Crippen molar-refractivity contribution in [1.29, 1.82) is 0 Å². The summed E-state index contributed by atoms with van der Waals surface area (Å²) in [6.45, 7) is 2.38. The lowest BCUT2D eigenvalue weighted by Gasteiger charge is -2.12. The van der Waals surface area contributed by atoms with Crippen molar-refractivity contribution >= 4 is 17.1 Å². The highest BCUT2D eigenvalue weighted by Crippen LogP contribution is 2.30. The molecule has 1 heterocycles. The zero-order valence-corrected chi connectivity index (χ0v) is 16.8. The van der Waals surface area contributed by atoms with Gasteiger partial charge < -0.3 is 9.47 Å². The third-order valence-corrected chi connectivity index (χ3v) is 4.62. The van der Waals surface area contributed by atoms with Gasteiger partial charge in [0.05, 0.1) is 30.8 Å². The second-order valence-corrected chi connectivity index (χ2v) is 6.49. The van der Waals surface area contributed by atoms with E-state index in [2.05, 4.69) is 5.10 Å². The number of rotatable bonds is 6. The fourth-order valence-electron chi connectivity index (χ4n) is 3.22. The van der Waals surface area contributed by atoms with Gasteiger partial charge in [-0.1, -0.05) is 48.5 Å². The number of benzene rings is 3. The molecule has 30 heavy (non-hydrogen) atoms. The van der Waals surface area contributed by atoms with Crippen LogP contribution in [0.2, 0.25) is 0 Å². The lowest BCUT2D eigenvalue weighted by atomic mass is 10.2. The molecule has 0 radical (unpaired) electrons. The summed E-state index contributed by atoms with van der Waals surface area (Å²) in [5, 5.41) is 5.01. The van der Waals surface area contributed by atoms with Crippen LogP contribution in [0.25, 0.3) is 22.3 Å². The summed E-state index contributed by atoms with van der Waals surface area (Å²) < 4.78 is 12.5. The average Bonchev–Trinajstić information content (AvgIpc) is 2.80. The van der Waals surface area contributed by atoms with Crippen molar-refractivity contribution in [3.63, 3.8) is 0 Å². The molecule has 0 saturated heterocycles. The Bertz CT molecular complexity index is 1260. The van der Waals surface area contributed by atoms with Gasteiger partial charge in [-0.3, -0.25) is 4.79 Å². The van der Waals surface area contributed by atoms with Crippen molar-refractivity contribution in [3.8, 4) is 22.9 Å². The maximum atomic E-state index is 13.2. The van der Waals surface area contributed by atoms with Gasteiger partial charge in [0, 0.05) is 11.1 Å². The SMILES string of the molecule is CCOc1c(C=Nn2c(-c3ccccc3)nc3ccccc3c2=O)cccc1OC. The van der Waals surface area contributed by atoms with Crippen LogP contribution in [0.1, 0.15) is 12.5 Å². The molecule has 0 N–H and O–H groups in total. The number of aromatic nitrogens is 2. The molecule has 0 aliphatic rings. The summed E-state index contributed by atoms with van der Waals surface area (Å²) in [6.07, 6.45) is 1.60. The fraction of sp³-hybridized carbons (Fsp3) is 0.125. The third-order valence-electron chi connectivity index (χ3n) is 4.62. The minimum atomic E-state index is -0.239. The van der Waals surface area contributed by atoms with Crippen LogP contribution in [0.5, 0.6) is 11.5 Å².